The van der Waals surface area contributed by atoms with Crippen molar-refractivity contribution in [1.82, 2.24) is 5.32 Å². The van der Waals surface area contributed by atoms with Gasteiger partial charge in [0, 0.05) is 12.2 Å². The summed E-state index contributed by atoms with van der Waals surface area (Å²) < 4.78 is 0. The molecule has 0 aliphatic heterocycles. The second-order valence-electron chi connectivity index (χ2n) is 4.44. The van der Waals surface area contributed by atoms with Crippen LogP contribution in [0.1, 0.15) is 34.8 Å². The van der Waals surface area contributed by atoms with Crippen LogP contribution in [0, 0.1) is 13.8 Å². The zero-order valence-corrected chi connectivity index (χ0v) is 10.8. The van der Waals surface area contributed by atoms with E-state index in [1.54, 1.807) is 0 Å². The third-order valence-electron chi connectivity index (χ3n) is 2.83. The third kappa shape index (κ3) is 3.95. The number of carbonyl (C=O) groups excluding carboxylic acids is 1. The van der Waals surface area contributed by atoms with E-state index in [-0.39, 0.29) is 18.4 Å². The standard InChI is InChI=1S/C14H21NO2/c1-10-5-6-13(11(2)9-10)14(17)12(3)15-7-4-8-16/h5-6,9,12,15-16H,4,7-8H2,1-3H3. The molecule has 0 saturated carbocycles. The quantitative estimate of drug-likeness (QED) is 0.584. The van der Waals surface area contributed by atoms with Crippen molar-refractivity contribution in [2.24, 2.45) is 0 Å². The van der Waals surface area contributed by atoms with E-state index in [1.165, 1.54) is 5.56 Å². The Morgan fingerprint density at radius 2 is 2.12 bits per heavy atom. The molecule has 0 aliphatic carbocycles. The van der Waals surface area contributed by atoms with Gasteiger partial charge in [0.15, 0.2) is 5.78 Å². The molecule has 0 amide bonds. The number of benzene rings is 1. The molecule has 0 aliphatic rings. The number of aryl methyl sites for hydroxylation is 2. The predicted octanol–water partition coefficient (Wildman–Crippen LogP) is 1.85. The van der Waals surface area contributed by atoms with Gasteiger partial charge < -0.3 is 10.4 Å². The van der Waals surface area contributed by atoms with Gasteiger partial charge in [-0.2, -0.15) is 0 Å². The molecule has 2 N–H and O–H groups in total. The molecule has 3 nitrogen and oxygen atoms in total. The first-order valence-corrected chi connectivity index (χ1v) is 6.02. The molecule has 94 valence electrons. The van der Waals surface area contributed by atoms with Crippen LogP contribution in [-0.4, -0.2) is 30.1 Å². The molecule has 1 unspecified atom stereocenters. The van der Waals surface area contributed by atoms with Crippen molar-refractivity contribution < 1.29 is 9.90 Å². The summed E-state index contributed by atoms with van der Waals surface area (Å²) in [5.74, 6) is 0.112. The topological polar surface area (TPSA) is 49.3 Å². The number of nitrogens with one attached hydrogen (secondary N) is 1. The smallest absolute Gasteiger partial charge is 0.179 e. The molecule has 1 atom stereocenters. The fraction of sp³-hybridized carbons (Fsp3) is 0.500. The number of aliphatic hydroxyl groups is 1. The average molecular weight is 235 g/mol. The first-order valence-electron chi connectivity index (χ1n) is 6.02. The number of aliphatic hydroxyl groups excluding tert-OH is 1. The SMILES string of the molecule is Cc1ccc(C(=O)C(C)NCCCO)c(C)c1. The highest BCUT2D eigenvalue weighted by molar-refractivity contribution is 6.01. The van der Waals surface area contributed by atoms with Crippen LogP contribution in [0.2, 0.25) is 0 Å². The van der Waals surface area contributed by atoms with E-state index in [2.05, 4.69) is 5.32 Å². The van der Waals surface area contributed by atoms with Gasteiger partial charge in [0.2, 0.25) is 0 Å². The minimum atomic E-state index is -0.206. The second kappa shape index (κ2) is 6.52. The molecule has 0 bridgehead atoms. The largest absolute Gasteiger partial charge is 0.396 e. The van der Waals surface area contributed by atoms with Gasteiger partial charge in [-0.05, 0) is 39.3 Å². The summed E-state index contributed by atoms with van der Waals surface area (Å²) in [5.41, 5.74) is 2.96. The van der Waals surface area contributed by atoms with Crippen molar-refractivity contribution in [3.05, 3.63) is 34.9 Å². The van der Waals surface area contributed by atoms with E-state index in [0.717, 1.165) is 11.1 Å². The first-order chi connectivity index (χ1) is 8.06. The van der Waals surface area contributed by atoms with E-state index in [4.69, 9.17) is 5.11 Å². The van der Waals surface area contributed by atoms with Crippen molar-refractivity contribution in [2.75, 3.05) is 13.2 Å². The Balaban J connectivity index is 2.68. The van der Waals surface area contributed by atoms with Crippen LogP contribution in [0.3, 0.4) is 0 Å². The summed E-state index contributed by atoms with van der Waals surface area (Å²) in [6, 6.07) is 5.66. The Bertz CT molecular complexity index is 388. The maximum atomic E-state index is 12.1. The number of hydrogen-bond acceptors (Lipinski definition) is 3. The number of rotatable bonds is 6. The Morgan fingerprint density at radius 3 is 2.71 bits per heavy atom. The first kappa shape index (κ1) is 13.9. The lowest BCUT2D eigenvalue weighted by molar-refractivity contribution is 0.0949. The second-order valence-corrected chi connectivity index (χ2v) is 4.44. The van der Waals surface area contributed by atoms with Gasteiger partial charge in [-0.1, -0.05) is 23.8 Å². The Labute approximate surface area is 103 Å². The highest BCUT2D eigenvalue weighted by Crippen LogP contribution is 2.12. The van der Waals surface area contributed by atoms with Crippen molar-refractivity contribution in [3.63, 3.8) is 0 Å². The van der Waals surface area contributed by atoms with Gasteiger partial charge in [-0.3, -0.25) is 4.79 Å². The van der Waals surface area contributed by atoms with E-state index in [1.807, 2.05) is 39.0 Å². The monoisotopic (exact) mass is 235 g/mol. The normalized spacial score (nSPS) is 12.5. The third-order valence-corrected chi connectivity index (χ3v) is 2.83. The van der Waals surface area contributed by atoms with Crippen LogP contribution < -0.4 is 5.32 Å². The highest BCUT2D eigenvalue weighted by Gasteiger charge is 2.15. The van der Waals surface area contributed by atoms with Crippen LogP contribution >= 0.6 is 0 Å². The summed E-state index contributed by atoms with van der Waals surface area (Å²) in [7, 11) is 0. The van der Waals surface area contributed by atoms with Gasteiger partial charge in [-0.15, -0.1) is 0 Å². The van der Waals surface area contributed by atoms with Gasteiger partial charge in [0.1, 0.15) is 0 Å². The summed E-state index contributed by atoms with van der Waals surface area (Å²) in [6.45, 7) is 6.65. The molecule has 0 radical (unpaired) electrons. The molecule has 1 rings (SSSR count). The Morgan fingerprint density at radius 1 is 1.41 bits per heavy atom. The molecule has 1 aromatic carbocycles. The van der Waals surface area contributed by atoms with E-state index >= 15 is 0 Å². The average Bonchev–Trinajstić information content (AvgIpc) is 2.28. The van der Waals surface area contributed by atoms with Crippen LogP contribution in [0.5, 0.6) is 0 Å². The molecule has 17 heavy (non-hydrogen) atoms. The molecule has 0 fully saturated rings. The summed E-state index contributed by atoms with van der Waals surface area (Å²) in [5, 5.41) is 11.8. The molecule has 0 heterocycles. The van der Waals surface area contributed by atoms with Crippen LogP contribution in [0.15, 0.2) is 18.2 Å². The summed E-state index contributed by atoms with van der Waals surface area (Å²) in [4.78, 5) is 12.1. The maximum absolute atomic E-state index is 12.1. The fourth-order valence-corrected chi connectivity index (χ4v) is 1.81. The molecule has 0 aromatic heterocycles. The van der Waals surface area contributed by atoms with E-state index in [9.17, 15) is 4.79 Å². The summed E-state index contributed by atoms with van der Waals surface area (Å²) in [6.07, 6.45) is 0.671. The van der Waals surface area contributed by atoms with Crippen LogP contribution in [-0.2, 0) is 0 Å². The minimum absolute atomic E-state index is 0.112. The summed E-state index contributed by atoms with van der Waals surface area (Å²) >= 11 is 0. The zero-order valence-electron chi connectivity index (χ0n) is 10.8. The molecular formula is C14H21NO2. The molecule has 3 heteroatoms. The highest BCUT2D eigenvalue weighted by atomic mass is 16.3. The number of ketones is 1. The number of hydrogen-bond donors (Lipinski definition) is 2. The lowest BCUT2D eigenvalue weighted by atomic mass is 9.98. The van der Waals surface area contributed by atoms with Crippen molar-refractivity contribution in [2.45, 2.75) is 33.2 Å². The fourth-order valence-electron chi connectivity index (χ4n) is 1.81. The van der Waals surface area contributed by atoms with Crippen molar-refractivity contribution in [3.8, 4) is 0 Å². The lowest BCUT2D eigenvalue weighted by Gasteiger charge is -2.14. The zero-order chi connectivity index (χ0) is 12.8. The van der Waals surface area contributed by atoms with Crippen molar-refractivity contribution >= 4 is 5.78 Å². The molecule has 1 aromatic rings. The van der Waals surface area contributed by atoms with Gasteiger partial charge >= 0.3 is 0 Å². The minimum Gasteiger partial charge on any atom is -0.396 e. The van der Waals surface area contributed by atoms with Gasteiger partial charge in [0.05, 0.1) is 6.04 Å². The van der Waals surface area contributed by atoms with E-state index < -0.39 is 0 Å². The lowest BCUT2D eigenvalue weighted by Crippen LogP contribution is -2.35. The van der Waals surface area contributed by atoms with Gasteiger partial charge in [-0.25, -0.2) is 0 Å². The Hall–Kier alpha value is -1.19. The van der Waals surface area contributed by atoms with Crippen LogP contribution in [0.25, 0.3) is 0 Å². The molecule has 0 spiro atoms. The molecule has 0 saturated heterocycles. The molecular weight excluding hydrogens is 214 g/mol. The maximum Gasteiger partial charge on any atom is 0.179 e. The Kier molecular flexibility index (Phi) is 5.32. The predicted molar refractivity (Wildman–Crippen MR) is 69.4 cm³/mol. The number of Topliss-reactive ketones (excluding diaryl/α,β-unsaturated/α-hetero) is 1. The van der Waals surface area contributed by atoms with Gasteiger partial charge in [0.25, 0.3) is 0 Å². The van der Waals surface area contributed by atoms with Crippen LogP contribution in [0.4, 0.5) is 0 Å². The van der Waals surface area contributed by atoms with Crippen molar-refractivity contribution in [1.29, 1.82) is 0 Å². The number of carbonyl (C=O) groups is 1. The van der Waals surface area contributed by atoms with E-state index in [0.29, 0.717) is 13.0 Å².